The van der Waals surface area contributed by atoms with Crippen LogP contribution in [0.4, 0.5) is 22.4 Å². The monoisotopic (exact) mass is 506 g/mol. The smallest absolute Gasteiger partial charge is 0.426 e. The summed E-state index contributed by atoms with van der Waals surface area (Å²) in [6.07, 6.45) is -5.59. The highest BCUT2D eigenvalue weighted by Gasteiger charge is 2.35. The maximum absolute atomic E-state index is 13.6. The number of benzene rings is 1. The molecule has 0 aromatic heterocycles. The number of halogens is 4. The lowest BCUT2D eigenvalue weighted by atomic mass is 10.1. The van der Waals surface area contributed by atoms with Gasteiger partial charge in [0.2, 0.25) is 0 Å². The van der Waals surface area contributed by atoms with Gasteiger partial charge in [-0.2, -0.15) is 13.2 Å². The molecule has 0 saturated heterocycles. The average Bonchev–Trinajstić information content (AvgIpc) is 2.69. The van der Waals surface area contributed by atoms with E-state index in [2.05, 4.69) is 5.43 Å². The van der Waals surface area contributed by atoms with E-state index in [1.807, 2.05) is 0 Å². The molecule has 1 amide bonds. The minimum atomic E-state index is -5.07. The number of ether oxygens (including phenoxy) is 3. The van der Waals surface area contributed by atoms with E-state index in [1.54, 1.807) is 0 Å². The summed E-state index contributed by atoms with van der Waals surface area (Å²) in [6.45, 7) is 6.35. The molecule has 0 heterocycles. The van der Waals surface area contributed by atoms with Gasteiger partial charge in [0.1, 0.15) is 18.0 Å². The van der Waals surface area contributed by atoms with Crippen LogP contribution in [0.25, 0.3) is 0 Å². The Morgan fingerprint density at radius 1 is 1.03 bits per heavy atom. The van der Waals surface area contributed by atoms with Gasteiger partial charge >= 0.3 is 24.2 Å². The van der Waals surface area contributed by atoms with Gasteiger partial charge in [0.05, 0.1) is 24.9 Å². The molecule has 0 aliphatic heterocycles. The number of alkyl halides is 3. The number of hydrazine groups is 1. The molecular formula is C22H26F4N2O7. The van der Waals surface area contributed by atoms with Crippen molar-refractivity contribution in [2.75, 3.05) is 19.8 Å². The van der Waals surface area contributed by atoms with Gasteiger partial charge < -0.3 is 14.2 Å². The summed E-state index contributed by atoms with van der Waals surface area (Å²) in [5, 5.41) is 0.571. The number of Topliss-reactive ketones (excluding diaryl/α,β-unsaturated/α-hetero) is 1. The lowest BCUT2D eigenvalue weighted by Gasteiger charge is -2.28. The Kier molecular flexibility index (Phi) is 10.2. The van der Waals surface area contributed by atoms with Crippen LogP contribution in [0, 0.1) is 5.82 Å². The minimum Gasteiger partial charge on any atom is -0.463 e. The van der Waals surface area contributed by atoms with E-state index in [-0.39, 0.29) is 13.2 Å². The average molecular weight is 506 g/mol. The van der Waals surface area contributed by atoms with Crippen LogP contribution >= 0.6 is 0 Å². The molecule has 0 aliphatic carbocycles. The molecule has 0 atom stereocenters. The molecule has 194 valence electrons. The van der Waals surface area contributed by atoms with Crippen molar-refractivity contribution in [3.05, 3.63) is 46.9 Å². The fraction of sp³-hybridized carbons (Fsp3) is 0.455. The molecule has 1 N–H and O–H groups in total. The van der Waals surface area contributed by atoms with E-state index in [9.17, 15) is 36.7 Å². The van der Waals surface area contributed by atoms with Crippen LogP contribution < -0.4 is 5.43 Å². The fourth-order valence-corrected chi connectivity index (χ4v) is 2.49. The summed E-state index contributed by atoms with van der Waals surface area (Å²) in [5.41, 5.74) is -1.83. The van der Waals surface area contributed by atoms with Crippen molar-refractivity contribution >= 4 is 23.8 Å². The summed E-state index contributed by atoms with van der Waals surface area (Å²) in [5.74, 6) is -4.84. The normalized spacial score (nSPS) is 12.0. The van der Waals surface area contributed by atoms with Crippen molar-refractivity contribution in [2.24, 2.45) is 0 Å². The van der Waals surface area contributed by atoms with Crippen molar-refractivity contribution in [1.29, 1.82) is 0 Å². The third-order valence-electron chi connectivity index (χ3n) is 3.84. The van der Waals surface area contributed by atoms with E-state index >= 15 is 0 Å². The van der Waals surface area contributed by atoms with Crippen LogP contribution in [0.1, 0.15) is 50.5 Å². The van der Waals surface area contributed by atoms with E-state index in [0.29, 0.717) is 23.2 Å². The van der Waals surface area contributed by atoms with E-state index in [1.165, 1.54) is 34.6 Å². The topological polar surface area (TPSA) is 111 Å². The summed E-state index contributed by atoms with van der Waals surface area (Å²) in [4.78, 5) is 49.6. The second kappa shape index (κ2) is 12.2. The highest BCUT2D eigenvalue weighted by Crippen LogP contribution is 2.32. The van der Waals surface area contributed by atoms with Gasteiger partial charge in [-0.25, -0.2) is 24.2 Å². The molecule has 0 fully saturated rings. The van der Waals surface area contributed by atoms with Crippen LogP contribution in [0.3, 0.4) is 0 Å². The van der Waals surface area contributed by atoms with Crippen LogP contribution in [-0.2, 0) is 30.0 Å². The Balaban J connectivity index is 3.45. The summed E-state index contributed by atoms with van der Waals surface area (Å²) < 4.78 is 67.5. The molecule has 9 nitrogen and oxygen atoms in total. The van der Waals surface area contributed by atoms with Gasteiger partial charge in [-0.05, 0) is 52.8 Å². The lowest BCUT2D eigenvalue weighted by Crippen LogP contribution is -2.48. The number of amides is 1. The Hall–Kier alpha value is -3.64. The molecule has 0 unspecified atom stereocenters. The first kappa shape index (κ1) is 29.4. The number of carbonyl (C=O) groups excluding carboxylic acids is 4. The molecule has 1 aromatic carbocycles. The third-order valence-corrected chi connectivity index (χ3v) is 3.84. The predicted molar refractivity (Wildman–Crippen MR) is 113 cm³/mol. The lowest BCUT2D eigenvalue weighted by molar-refractivity contribution is -0.142. The van der Waals surface area contributed by atoms with Crippen LogP contribution in [0.2, 0.25) is 0 Å². The first-order valence-electron chi connectivity index (χ1n) is 10.3. The highest BCUT2D eigenvalue weighted by atomic mass is 19.4. The Labute approximate surface area is 199 Å². The summed E-state index contributed by atoms with van der Waals surface area (Å²) >= 11 is 0. The zero-order chi connectivity index (χ0) is 27.0. The molecule has 0 aliphatic rings. The van der Waals surface area contributed by atoms with Gasteiger partial charge in [-0.3, -0.25) is 9.80 Å². The second-order valence-electron chi connectivity index (χ2n) is 7.82. The number of hydrogen-bond donors (Lipinski definition) is 1. The van der Waals surface area contributed by atoms with Gasteiger partial charge in [-0.1, -0.05) is 0 Å². The van der Waals surface area contributed by atoms with E-state index in [0.717, 1.165) is 6.07 Å². The maximum Gasteiger partial charge on any atom is 0.426 e. The van der Waals surface area contributed by atoms with Crippen LogP contribution in [0.15, 0.2) is 30.0 Å². The Morgan fingerprint density at radius 2 is 1.63 bits per heavy atom. The zero-order valence-corrected chi connectivity index (χ0v) is 19.7. The van der Waals surface area contributed by atoms with Crippen molar-refractivity contribution in [3.63, 3.8) is 0 Å². The van der Waals surface area contributed by atoms with Crippen molar-refractivity contribution in [3.8, 4) is 0 Å². The highest BCUT2D eigenvalue weighted by molar-refractivity contribution is 6.00. The first-order valence-corrected chi connectivity index (χ1v) is 10.3. The van der Waals surface area contributed by atoms with E-state index in [4.69, 9.17) is 14.2 Å². The minimum absolute atomic E-state index is 0.0698. The van der Waals surface area contributed by atoms with Gasteiger partial charge in [-0.15, -0.1) is 0 Å². The number of nitrogens with one attached hydrogen (secondary N) is 1. The molecule has 1 rings (SSSR count). The Morgan fingerprint density at radius 3 is 2.14 bits per heavy atom. The van der Waals surface area contributed by atoms with Crippen molar-refractivity contribution in [2.45, 2.75) is 46.4 Å². The fourth-order valence-electron chi connectivity index (χ4n) is 2.49. The first-order chi connectivity index (χ1) is 16.1. The summed E-state index contributed by atoms with van der Waals surface area (Å²) in [6, 6.07) is 1.56. The second-order valence-corrected chi connectivity index (χ2v) is 7.82. The molecule has 0 spiro atoms. The number of hydrogen-bond acceptors (Lipinski definition) is 8. The third kappa shape index (κ3) is 9.63. The molecule has 0 bridgehead atoms. The number of esters is 2. The predicted octanol–water partition coefficient (Wildman–Crippen LogP) is 3.78. The molecule has 35 heavy (non-hydrogen) atoms. The van der Waals surface area contributed by atoms with Gasteiger partial charge in [0.15, 0.2) is 11.5 Å². The van der Waals surface area contributed by atoms with Crippen molar-refractivity contribution < 1.29 is 51.0 Å². The summed E-state index contributed by atoms with van der Waals surface area (Å²) in [7, 11) is 0. The van der Waals surface area contributed by atoms with Crippen LogP contribution in [-0.4, -0.2) is 54.2 Å². The SMILES string of the molecule is CCOC(=O)/C=C(/C(=O)OCC)N(CC(=O)c1ccc(F)c(C(F)(F)F)c1)NC(=O)OC(C)(C)C. The molecule has 0 radical (unpaired) electrons. The Bertz CT molecular complexity index is 985. The molecule has 0 saturated carbocycles. The largest absolute Gasteiger partial charge is 0.463 e. The van der Waals surface area contributed by atoms with Crippen molar-refractivity contribution in [1.82, 2.24) is 10.4 Å². The van der Waals surface area contributed by atoms with E-state index < -0.39 is 64.8 Å². The number of carbonyl (C=O) groups is 4. The molecular weight excluding hydrogens is 480 g/mol. The standard InChI is InChI=1S/C22H26F4N2O7/c1-6-33-18(30)11-16(19(31)34-7-2)28(27-20(32)35-21(3,4)5)12-17(29)13-8-9-15(23)14(10-13)22(24,25)26/h8-11H,6-7,12H2,1-5H3,(H,27,32)/b16-11-. The zero-order valence-electron chi connectivity index (χ0n) is 19.7. The van der Waals surface area contributed by atoms with Gasteiger partial charge in [0, 0.05) is 5.56 Å². The van der Waals surface area contributed by atoms with Gasteiger partial charge in [0.25, 0.3) is 0 Å². The molecule has 1 aromatic rings. The van der Waals surface area contributed by atoms with Crippen LogP contribution in [0.5, 0.6) is 0 Å². The number of ketones is 1. The maximum atomic E-state index is 13.6. The number of rotatable bonds is 9. The number of nitrogens with zero attached hydrogens (tertiary/aromatic N) is 1. The quantitative estimate of drug-likeness (QED) is 0.135. The molecule has 13 heteroatoms.